The number of hydrogen-bond acceptors (Lipinski definition) is 7. The van der Waals surface area contributed by atoms with Gasteiger partial charge in [0.25, 0.3) is 5.91 Å². The van der Waals surface area contributed by atoms with E-state index < -0.39 is 5.91 Å². The maximum absolute atomic E-state index is 11.2. The van der Waals surface area contributed by atoms with Gasteiger partial charge in [-0.1, -0.05) is 0 Å². The molecule has 0 radical (unpaired) electrons. The fraction of sp³-hybridized carbons (Fsp3) is 0.385. The highest BCUT2D eigenvalue weighted by molar-refractivity contribution is 7.17. The van der Waals surface area contributed by atoms with Crippen molar-refractivity contribution in [2.45, 2.75) is 6.92 Å². The second-order valence-corrected chi connectivity index (χ2v) is 5.64. The maximum Gasteiger partial charge on any atom is 0.277 e. The van der Waals surface area contributed by atoms with Crippen LogP contribution in [0, 0.1) is 6.92 Å². The Balaban J connectivity index is 1.93. The van der Waals surface area contributed by atoms with Crippen LogP contribution in [-0.2, 0) is 4.74 Å². The van der Waals surface area contributed by atoms with E-state index in [9.17, 15) is 4.79 Å². The molecule has 1 aliphatic rings. The topological polar surface area (TPSA) is 94.2 Å². The lowest BCUT2D eigenvalue weighted by atomic mass is 10.3. The van der Waals surface area contributed by atoms with Gasteiger partial charge in [0.1, 0.15) is 0 Å². The summed E-state index contributed by atoms with van der Waals surface area (Å²) in [6.45, 7) is 4.75. The predicted molar refractivity (Wildman–Crippen MR) is 79.4 cm³/mol. The Labute approximate surface area is 125 Å². The Kier molecular flexibility index (Phi) is 3.80. The van der Waals surface area contributed by atoms with Crippen LogP contribution < -0.4 is 10.6 Å². The van der Waals surface area contributed by atoms with E-state index in [1.54, 1.807) is 6.20 Å². The molecule has 0 aromatic carbocycles. The number of morpholine rings is 1. The van der Waals surface area contributed by atoms with Crippen molar-refractivity contribution in [2.75, 3.05) is 31.2 Å². The lowest BCUT2D eigenvalue weighted by Gasteiger charge is -2.26. The second-order valence-electron chi connectivity index (χ2n) is 4.64. The van der Waals surface area contributed by atoms with Gasteiger partial charge in [0.15, 0.2) is 5.01 Å². The molecule has 1 saturated heterocycles. The van der Waals surface area contributed by atoms with E-state index in [-0.39, 0.29) is 0 Å². The highest BCUT2D eigenvalue weighted by Gasteiger charge is 2.17. The number of hydrogen-bond donors (Lipinski definition) is 1. The molecule has 1 aliphatic heterocycles. The summed E-state index contributed by atoms with van der Waals surface area (Å²) in [6, 6.07) is 1.81. The summed E-state index contributed by atoms with van der Waals surface area (Å²) in [4.78, 5) is 27.2. The molecule has 2 aromatic heterocycles. The van der Waals surface area contributed by atoms with Crippen molar-refractivity contribution in [1.29, 1.82) is 0 Å². The van der Waals surface area contributed by atoms with E-state index in [4.69, 9.17) is 10.5 Å². The number of anilines is 1. The average Bonchev–Trinajstić information content (AvgIpc) is 2.91. The summed E-state index contributed by atoms with van der Waals surface area (Å²) in [5.74, 6) is 0.154. The van der Waals surface area contributed by atoms with Crippen molar-refractivity contribution in [2.24, 2.45) is 5.73 Å². The van der Waals surface area contributed by atoms with Crippen molar-refractivity contribution < 1.29 is 9.53 Å². The zero-order valence-electron chi connectivity index (χ0n) is 11.6. The molecule has 7 nitrogen and oxygen atoms in total. The van der Waals surface area contributed by atoms with Crippen LogP contribution in [-0.4, -0.2) is 47.2 Å². The number of amides is 1. The van der Waals surface area contributed by atoms with Crippen molar-refractivity contribution >= 4 is 23.2 Å². The number of nitrogens with two attached hydrogens (primary N) is 1. The van der Waals surface area contributed by atoms with Crippen LogP contribution in [0.25, 0.3) is 10.6 Å². The molecule has 1 amide bonds. The fourth-order valence-corrected chi connectivity index (χ4v) is 3.02. The number of nitrogens with zero attached hydrogens (tertiary/aromatic N) is 4. The van der Waals surface area contributed by atoms with Gasteiger partial charge in [-0.05, 0) is 13.0 Å². The van der Waals surface area contributed by atoms with Crippen molar-refractivity contribution in [3.05, 3.63) is 23.0 Å². The molecule has 3 heterocycles. The summed E-state index contributed by atoms with van der Waals surface area (Å²) in [7, 11) is 0. The lowest BCUT2D eigenvalue weighted by Crippen LogP contribution is -2.37. The predicted octanol–water partition coefficient (Wildman–Crippen LogP) is 0.844. The average molecular weight is 305 g/mol. The molecular formula is C13H15N5O2S. The molecule has 2 aromatic rings. The first-order valence-corrected chi connectivity index (χ1v) is 7.40. The van der Waals surface area contributed by atoms with Crippen molar-refractivity contribution in [3.8, 4) is 10.6 Å². The van der Waals surface area contributed by atoms with E-state index in [1.165, 1.54) is 11.3 Å². The number of aromatic nitrogens is 3. The summed E-state index contributed by atoms with van der Waals surface area (Å²) in [5.41, 5.74) is 6.78. The Morgan fingerprint density at radius 1 is 1.38 bits per heavy atom. The zero-order chi connectivity index (χ0) is 14.8. The van der Waals surface area contributed by atoms with Gasteiger partial charge < -0.3 is 15.4 Å². The molecule has 0 spiro atoms. The number of rotatable bonds is 3. The Bertz CT molecular complexity index is 666. The fourth-order valence-electron chi connectivity index (χ4n) is 2.13. The molecule has 8 heteroatoms. The zero-order valence-corrected chi connectivity index (χ0v) is 12.4. The quantitative estimate of drug-likeness (QED) is 0.903. The van der Waals surface area contributed by atoms with E-state index >= 15 is 0 Å². The second kappa shape index (κ2) is 5.74. The molecule has 3 rings (SSSR count). The lowest BCUT2D eigenvalue weighted by molar-refractivity contribution is 0.1000. The first-order chi connectivity index (χ1) is 10.1. The standard InChI is InChI=1S/C13H15N5O2S/c1-8-10(21-12(16-8)11(14)19)9-2-3-15-13(17-9)18-4-6-20-7-5-18/h2-3H,4-7H2,1H3,(H2,14,19). The summed E-state index contributed by atoms with van der Waals surface area (Å²) < 4.78 is 5.33. The van der Waals surface area contributed by atoms with Crippen LogP contribution in [0.3, 0.4) is 0 Å². The summed E-state index contributed by atoms with van der Waals surface area (Å²) >= 11 is 1.26. The van der Waals surface area contributed by atoms with Crippen LogP contribution in [0.2, 0.25) is 0 Å². The minimum Gasteiger partial charge on any atom is -0.378 e. The summed E-state index contributed by atoms with van der Waals surface area (Å²) in [6.07, 6.45) is 1.72. The Morgan fingerprint density at radius 3 is 2.81 bits per heavy atom. The SMILES string of the molecule is Cc1nc(C(N)=O)sc1-c1ccnc(N2CCOCC2)n1. The monoisotopic (exact) mass is 305 g/mol. The van der Waals surface area contributed by atoms with Gasteiger partial charge in [-0.15, -0.1) is 11.3 Å². The largest absolute Gasteiger partial charge is 0.378 e. The maximum atomic E-state index is 11.2. The van der Waals surface area contributed by atoms with Gasteiger partial charge in [-0.3, -0.25) is 4.79 Å². The number of carbonyl (C=O) groups is 1. The van der Waals surface area contributed by atoms with Gasteiger partial charge in [-0.25, -0.2) is 15.0 Å². The molecule has 1 fully saturated rings. The number of primary amides is 1. The molecule has 0 unspecified atom stereocenters. The number of thiazole rings is 1. The number of aryl methyl sites for hydroxylation is 1. The summed E-state index contributed by atoms with van der Waals surface area (Å²) in [5, 5.41) is 0.300. The molecule has 0 bridgehead atoms. The van der Waals surface area contributed by atoms with Gasteiger partial charge in [0.2, 0.25) is 5.95 Å². The normalized spacial score (nSPS) is 15.2. The van der Waals surface area contributed by atoms with Crippen LogP contribution in [0.5, 0.6) is 0 Å². The van der Waals surface area contributed by atoms with Gasteiger partial charge in [0, 0.05) is 19.3 Å². The molecule has 2 N–H and O–H groups in total. The minimum atomic E-state index is -0.517. The highest BCUT2D eigenvalue weighted by atomic mass is 32.1. The highest BCUT2D eigenvalue weighted by Crippen LogP contribution is 2.29. The van der Waals surface area contributed by atoms with Crippen LogP contribution in [0.4, 0.5) is 5.95 Å². The molecule has 0 saturated carbocycles. The molecule has 21 heavy (non-hydrogen) atoms. The van der Waals surface area contributed by atoms with Gasteiger partial charge in [0.05, 0.1) is 29.5 Å². The van der Waals surface area contributed by atoms with Gasteiger partial charge >= 0.3 is 0 Å². The third kappa shape index (κ3) is 2.86. The van der Waals surface area contributed by atoms with E-state index in [0.717, 1.165) is 29.4 Å². The van der Waals surface area contributed by atoms with Crippen molar-refractivity contribution in [3.63, 3.8) is 0 Å². The van der Waals surface area contributed by atoms with Crippen LogP contribution in [0.1, 0.15) is 15.5 Å². The van der Waals surface area contributed by atoms with Crippen LogP contribution in [0.15, 0.2) is 12.3 Å². The molecular weight excluding hydrogens is 290 g/mol. The number of carbonyl (C=O) groups excluding carboxylic acids is 1. The van der Waals surface area contributed by atoms with E-state index in [2.05, 4.69) is 19.9 Å². The van der Waals surface area contributed by atoms with Crippen molar-refractivity contribution in [1.82, 2.24) is 15.0 Å². The third-order valence-electron chi connectivity index (χ3n) is 3.18. The first-order valence-electron chi connectivity index (χ1n) is 6.58. The molecule has 110 valence electrons. The van der Waals surface area contributed by atoms with E-state index in [1.807, 2.05) is 13.0 Å². The van der Waals surface area contributed by atoms with Crippen LogP contribution >= 0.6 is 11.3 Å². The molecule has 0 atom stereocenters. The smallest absolute Gasteiger partial charge is 0.277 e. The van der Waals surface area contributed by atoms with E-state index in [0.29, 0.717) is 24.2 Å². The number of ether oxygens (including phenoxy) is 1. The van der Waals surface area contributed by atoms with Gasteiger partial charge in [-0.2, -0.15) is 0 Å². The third-order valence-corrected chi connectivity index (χ3v) is 4.37. The molecule has 0 aliphatic carbocycles. The Hall–Kier alpha value is -2.06. The first kappa shape index (κ1) is 13.9. The Morgan fingerprint density at radius 2 is 2.14 bits per heavy atom. The minimum absolute atomic E-state index is 0.300.